The molecule has 74 heavy (non-hydrogen) atoms. The zero-order valence-corrected chi connectivity index (χ0v) is 43.7. The van der Waals surface area contributed by atoms with Crippen molar-refractivity contribution in [2.75, 3.05) is 9.80 Å². The molecule has 0 amide bonds. The number of anilines is 6. The summed E-state index contributed by atoms with van der Waals surface area (Å²) in [5, 5.41) is 7.37. The molecule has 2 nitrogen and oxygen atoms in total. The van der Waals surface area contributed by atoms with E-state index >= 15 is 0 Å². The summed E-state index contributed by atoms with van der Waals surface area (Å²) in [7, 11) is 0. The maximum atomic E-state index is 2.52. The molecular formula is C72H60N2. The van der Waals surface area contributed by atoms with Gasteiger partial charge >= 0.3 is 0 Å². The van der Waals surface area contributed by atoms with E-state index in [2.05, 4.69) is 284 Å². The lowest BCUT2D eigenvalue weighted by Crippen LogP contribution is -2.13. The predicted octanol–water partition coefficient (Wildman–Crippen LogP) is 20.7. The number of rotatable bonds is 10. The number of benzene rings is 12. The van der Waals surface area contributed by atoms with Gasteiger partial charge in [0.25, 0.3) is 0 Å². The lowest BCUT2D eigenvalue weighted by Gasteiger charge is -2.31. The standard InChI is InChI=1S/C72H60N2/c1-45-9-19-53(20-10-45)59-39-60(54-21-11-46(2)12-22-54)42-63(41-59)73(67-33-17-49(5)37-51(67)7)69-35-29-57-28-32-66-70(36-30-58-27-31-65(69)71(57)72(58)66)74(68-34-18-50(6)38-52(68)8)64-43-61(55-23-13-47(3)14-24-55)40-62(44-64)56-25-15-48(4)16-26-56/h9-44H,1-8H3. The molecule has 0 radical (unpaired) electrons. The van der Waals surface area contributed by atoms with E-state index in [1.54, 1.807) is 0 Å². The van der Waals surface area contributed by atoms with E-state index in [1.807, 2.05) is 0 Å². The van der Waals surface area contributed by atoms with Crippen molar-refractivity contribution in [2.24, 2.45) is 0 Å². The van der Waals surface area contributed by atoms with Gasteiger partial charge in [-0.25, -0.2) is 0 Å². The summed E-state index contributed by atoms with van der Waals surface area (Å²) in [5.41, 5.74) is 26.2. The van der Waals surface area contributed by atoms with Gasteiger partial charge in [0.05, 0.1) is 11.4 Å². The molecule has 0 aliphatic carbocycles. The summed E-state index contributed by atoms with van der Waals surface area (Å²) in [4.78, 5) is 5.03. The monoisotopic (exact) mass is 952 g/mol. The summed E-state index contributed by atoms with van der Waals surface area (Å²) >= 11 is 0. The van der Waals surface area contributed by atoms with Crippen LogP contribution in [0, 0.1) is 55.4 Å². The van der Waals surface area contributed by atoms with E-state index in [-0.39, 0.29) is 0 Å². The molecule has 0 saturated carbocycles. The van der Waals surface area contributed by atoms with Gasteiger partial charge in [-0.05, 0) is 193 Å². The fourth-order valence-corrected chi connectivity index (χ4v) is 11.2. The van der Waals surface area contributed by atoms with Crippen LogP contribution in [-0.2, 0) is 0 Å². The Labute approximate surface area is 436 Å². The second-order valence-corrected chi connectivity index (χ2v) is 20.8. The van der Waals surface area contributed by atoms with Gasteiger partial charge in [0.1, 0.15) is 0 Å². The molecule has 0 unspecified atom stereocenters. The zero-order chi connectivity index (χ0) is 50.8. The summed E-state index contributed by atoms with van der Waals surface area (Å²) in [6, 6.07) is 82.6. The smallest absolute Gasteiger partial charge is 0.0540 e. The first-order valence-electron chi connectivity index (χ1n) is 26.0. The van der Waals surface area contributed by atoms with Crippen molar-refractivity contribution in [3.05, 3.63) is 263 Å². The van der Waals surface area contributed by atoms with Crippen LogP contribution in [0.15, 0.2) is 218 Å². The van der Waals surface area contributed by atoms with Crippen LogP contribution in [0.2, 0.25) is 0 Å². The van der Waals surface area contributed by atoms with E-state index < -0.39 is 0 Å². The zero-order valence-electron chi connectivity index (χ0n) is 43.7. The van der Waals surface area contributed by atoms with Crippen LogP contribution in [0.5, 0.6) is 0 Å². The van der Waals surface area contributed by atoms with Crippen molar-refractivity contribution in [3.63, 3.8) is 0 Å². The summed E-state index contributed by atoms with van der Waals surface area (Å²) in [6.45, 7) is 17.5. The predicted molar refractivity (Wildman–Crippen MR) is 319 cm³/mol. The molecule has 0 aliphatic rings. The molecule has 0 fully saturated rings. The molecule has 358 valence electrons. The molecule has 2 heteroatoms. The molecular weight excluding hydrogens is 893 g/mol. The van der Waals surface area contributed by atoms with Gasteiger partial charge in [0, 0.05) is 33.5 Å². The molecule has 12 rings (SSSR count). The largest absolute Gasteiger partial charge is 0.310 e. The fraction of sp³-hybridized carbons (Fsp3) is 0.111. The molecule has 0 heterocycles. The average Bonchev–Trinajstić information content (AvgIpc) is 3.41. The molecule has 0 aliphatic heterocycles. The van der Waals surface area contributed by atoms with Crippen molar-refractivity contribution in [3.8, 4) is 44.5 Å². The average molecular weight is 953 g/mol. The lowest BCUT2D eigenvalue weighted by atomic mass is 9.91. The molecule has 0 atom stereocenters. The van der Waals surface area contributed by atoms with Crippen molar-refractivity contribution in [1.82, 2.24) is 0 Å². The fourth-order valence-electron chi connectivity index (χ4n) is 11.2. The van der Waals surface area contributed by atoms with E-state index in [0.717, 1.165) is 34.1 Å². The Bertz CT molecular complexity index is 3670. The Morgan fingerprint density at radius 3 is 0.784 bits per heavy atom. The third-order valence-electron chi connectivity index (χ3n) is 15.2. The van der Waals surface area contributed by atoms with Gasteiger partial charge < -0.3 is 9.80 Å². The van der Waals surface area contributed by atoms with Gasteiger partial charge in [0.15, 0.2) is 0 Å². The van der Waals surface area contributed by atoms with Crippen LogP contribution in [0.3, 0.4) is 0 Å². The van der Waals surface area contributed by atoms with Crippen LogP contribution in [0.1, 0.15) is 44.5 Å². The first-order chi connectivity index (χ1) is 35.9. The molecule has 0 aromatic heterocycles. The number of aryl methyl sites for hydroxylation is 8. The van der Waals surface area contributed by atoms with Crippen molar-refractivity contribution in [1.29, 1.82) is 0 Å². The van der Waals surface area contributed by atoms with Crippen LogP contribution in [0.25, 0.3) is 76.8 Å². The number of hydrogen-bond donors (Lipinski definition) is 0. The molecule has 0 N–H and O–H groups in total. The summed E-state index contributed by atoms with van der Waals surface area (Å²) in [6.07, 6.45) is 0. The Balaban J connectivity index is 1.11. The highest BCUT2D eigenvalue weighted by Gasteiger charge is 2.25. The molecule has 0 saturated heterocycles. The normalized spacial score (nSPS) is 11.5. The lowest BCUT2D eigenvalue weighted by molar-refractivity contribution is 1.25. The van der Waals surface area contributed by atoms with Crippen LogP contribution >= 0.6 is 0 Å². The van der Waals surface area contributed by atoms with E-state index in [4.69, 9.17) is 0 Å². The Hall–Kier alpha value is -8.72. The van der Waals surface area contributed by atoms with Crippen LogP contribution < -0.4 is 9.80 Å². The van der Waals surface area contributed by atoms with Crippen molar-refractivity contribution >= 4 is 66.4 Å². The van der Waals surface area contributed by atoms with E-state index in [0.29, 0.717) is 0 Å². The maximum Gasteiger partial charge on any atom is 0.0540 e. The summed E-state index contributed by atoms with van der Waals surface area (Å²) in [5.74, 6) is 0. The molecule has 12 aromatic rings. The summed E-state index contributed by atoms with van der Waals surface area (Å²) < 4.78 is 0. The topological polar surface area (TPSA) is 6.48 Å². The molecule has 0 bridgehead atoms. The van der Waals surface area contributed by atoms with Gasteiger partial charge in [0.2, 0.25) is 0 Å². The van der Waals surface area contributed by atoms with Gasteiger partial charge in [-0.1, -0.05) is 191 Å². The third-order valence-corrected chi connectivity index (χ3v) is 15.2. The highest BCUT2D eigenvalue weighted by molar-refractivity contribution is 6.28. The number of nitrogens with zero attached hydrogens (tertiary/aromatic N) is 2. The number of hydrogen-bond acceptors (Lipinski definition) is 2. The third kappa shape index (κ3) is 8.57. The highest BCUT2D eigenvalue weighted by atomic mass is 15.2. The minimum Gasteiger partial charge on any atom is -0.310 e. The van der Waals surface area contributed by atoms with Gasteiger partial charge in [-0.15, -0.1) is 0 Å². The Morgan fingerprint density at radius 1 is 0.216 bits per heavy atom. The molecule has 12 aromatic carbocycles. The van der Waals surface area contributed by atoms with Gasteiger partial charge in [-0.3, -0.25) is 0 Å². The first-order valence-corrected chi connectivity index (χ1v) is 26.0. The van der Waals surface area contributed by atoms with Gasteiger partial charge in [-0.2, -0.15) is 0 Å². The molecule has 0 spiro atoms. The van der Waals surface area contributed by atoms with Crippen molar-refractivity contribution in [2.45, 2.75) is 55.4 Å². The quantitative estimate of drug-likeness (QED) is 0.126. The highest BCUT2D eigenvalue weighted by Crippen LogP contribution is 2.50. The Kier molecular flexibility index (Phi) is 11.7. The minimum atomic E-state index is 1.11. The van der Waals surface area contributed by atoms with Crippen LogP contribution in [-0.4, -0.2) is 0 Å². The SMILES string of the molecule is Cc1ccc(-c2cc(-c3ccc(C)cc3)cc(N(c3ccc(C)cc3C)c3ccc4ccc5c(N(c6cc(-c7ccc(C)cc7)cc(-c7ccc(C)cc7)c6)c6ccc(C)cc6C)ccc6ccc3c4c65)c2)cc1. The second-order valence-electron chi connectivity index (χ2n) is 20.8. The van der Waals surface area contributed by atoms with E-state index in [1.165, 1.54) is 121 Å². The Morgan fingerprint density at radius 2 is 0.486 bits per heavy atom. The minimum absolute atomic E-state index is 1.11. The van der Waals surface area contributed by atoms with E-state index in [9.17, 15) is 0 Å². The van der Waals surface area contributed by atoms with Crippen LogP contribution in [0.4, 0.5) is 34.1 Å². The first kappa shape index (κ1) is 46.4. The van der Waals surface area contributed by atoms with Crippen molar-refractivity contribution < 1.29 is 0 Å². The second kappa shape index (κ2) is 18.7. The maximum absolute atomic E-state index is 2.52.